The Balaban J connectivity index is 0.00000845. The zero-order valence-electron chi connectivity index (χ0n) is 35.3. The summed E-state index contributed by atoms with van der Waals surface area (Å²) in [5.74, 6) is -3.58. The summed E-state index contributed by atoms with van der Waals surface area (Å²) in [6, 6.07) is 10.5. The number of aromatic hydroxyl groups is 2. The fourth-order valence-electron chi connectivity index (χ4n) is 7.57. The molecule has 2 fully saturated rings. The summed E-state index contributed by atoms with van der Waals surface area (Å²) in [6.45, 7) is 10.8. The molecule has 6 N–H and O–H groups in total. The van der Waals surface area contributed by atoms with Gasteiger partial charge in [0.2, 0.25) is 11.7 Å². The van der Waals surface area contributed by atoms with Crippen LogP contribution in [0, 0.1) is 36.9 Å². The monoisotopic (exact) mass is 1030 g/mol. The minimum atomic E-state index is -1.02. The second kappa shape index (κ2) is 23.9. The largest absolute Gasteiger partial charge is 0.508 e. The van der Waals surface area contributed by atoms with Crippen molar-refractivity contribution in [2.24, 2.45) is 0 Å². The second-order valence-corrected chi connectivity index (χ2v) is 15.7. The van der Waals surface area contributed by atoms with Gasteiger partial charge in [0.25, 0.3) is 5.91 Å². The van der Waals surface area contributed by atoms with Crippen LogP contribution in [0.25, 0.3) is 17.1 Å². The molecule has 3 heterocycles. The molecule has 1 radical (unpaired) electrons. The van der Waals surface area contributed by atoms with E-state index in [9.17, 15) is 49.5 Å². The van der Waals surface area contributed by atoms with Crippen molar-refractivity contribution in [3.05, 3.63) is 53.3 Å². The number of piperazine rings is 1. The SMILES string of the molecule is CCNC(=O)c1nnc(-c2cc(C(C)C)c(O)cc2O)n1-c1ccc(CN2CCN(C(=O)CN3CCN(CC(=O)O)CCN(CC(=O)O)CCN(CC(=O)O)CC3)CC2)cc1.[Lu]. The van der Waals surface area contributed by atoms with Crippen molar-refractivity contribution in [1.82, 2.24) is 49.5 Å². The van der Waals surface area contributed by atoms with Crippen molar-refractivity contribution in [2.45, 2.75) is 33.2 Å². The number of carbonyl (C=O) groups excluding carboxylic acids is 2. The standard InChI is InChI=1S/C41H58N10O10.Lu/c1-4-42-41(61)40-44-43-39(32-21-31(28(2)3)33(52)22-34(32)53)51(40)30-7-5-29(6-8-30)23-45-17-19-50(20-18-45)35(54)24-46-9-11-47(25-36(55)56)13-15-49(27-38(59)60)16-14-48(12-10-46)26-37(57)58;/h5-8,21-22,28,52-53H,4,9-20,23-27H2,1-3H3,(H,42,61)(H,55,56)(H,57,58)(H,59,60);. The van der Waals surface area contributed by atoms with Gasteiger partial charge < -0.3 is 35.7 Å². The van der Waals surface area contributed by atoms with Crippen LogP contribution in [-0.4, -0.2) is 211 Å². The number of carboxylic acid groups (broad SMARTS) is 3. The minimum absolute atomic E-state index is 0. The van der Waals surface area contributed by atoms with Gasteiger partial charge in [0.05, 0.1) is 31.7 Å². The average Bonchev–Trinajstić information content (AvgIpc) is 3.64. The van der Waals surface area contributed by atoms with Crippen LogP contribution < -0.4 is 5.32 Å². The van der Waals surface area contributed by atoms with Gasteiger partial charge in [-0.2, -0.15) is 0 Å². The van der Waals surface area contributed by atoms with Crippen molar-refractivity contribution in [2.75, 3.05) is 111 Å². The summed E-state index contributed by atoms with van der Waals surface area (Å²) in [6.07, 6.45) is 0. The molecule has 2 aliphatic rings. The van der Waals surface area contributed by atoms with Crippen molar-refractivity contribution >= 4 is 29.7 Å². The van der Waals surface area contributed by atoms with Gasteiger partial charge in [-0.1, -0.05) is 26.0 Å². The molecule has 3 aromatic rings. The molecule has 0 unspecified atom stereocenters. The van der Waals surface area contributed by atoms with Crippen LogP contribution in [0.5, 0.6) is 11.5 Å². The fourth-order valence-corrected chi connectivity index (χ4v) is 7.57. The van der Waals surface area contributed by atoms with Crippen molar-refractivity contribution in [1.29, 1.82) is 0 Å². The van der Waals surface area contributed by atoms with E-state index in [0.717, 1.165) is 5.56 Å². The zero-order chi connectivity index (χ0) is 44.2. The first-order chi connectivity index (χ1) is 29.1. The molecule has 0 bridgehead atoms. The summed E-state index contributed by atoms with van der Waals surface area (Å²) >= 11 is 0. The summed E-state index contributed by atoms with van der Waals surface area (Å²) in [4.78, 5) is 72.7. The van der Waals surface area contributed by atoms with E-state index in [1.54, 1.807) is 32.3 Å². The predicted octanol–water partition coefficient (Wildman–Crippen LogP) is 0.338. The zero-order valence-corrected chi connectivity index (χ0v) is 37.0. The number of aromatic nitrogens is 3. The molecule has 0 atom stereocenters. The quantitative estimate of drug-likeness (QED) is 0.120. The van der Waals surface area contributed by atoms with E-state index in [2.05, 4.69) is 20.4 Å². The van der Waals surface area contributed by atoms with Gasteiger partial charge in [0, 0.05) is 140 Å². The number of rotatable bonds is 15. The van der Waals surface area contributed by atoms with E-state index in [4.69, 9.17) is 0 Å². The van der Waals surface area contributed by atoms with Crippen molar-refractivity contribution in [3.8, 4) is 28.6 Å². The average molecular weight is 1030 g/mol. The number of phenols is 2. The Kier molecular flexibility index (Phi) is 19.3. The normalized spacial score (nSPS) is 16.9. The maximum Gasteiger partial charge on any atom is 0.317 e. The molecule has 2 aromatic carbocycles. The summed E-state index contributed by atoms with van der Waals surface area (Å²) in [7, 11) is 0. The smallest absolute Gasteiger partial charge is 0.317 e. The number of carbonyl (C=O) groups is 5. The van der Waals surface area contributed by atoms with Crippen LogP contribution in [0.3, 0.4) is 0 Å². The molecule has 0 aliphatic carbocycles. The van der Waals surface area contributed by atoms with Crippen LogP contribution in [0.15, 0.2) is 36.4 Å². The topological polar surface area (TPSA) is 249 Å². The van der Waals surface area contributed by atoms with E-state index in [1.165, 1.54) is 6.07 Å². The first-order valence-corrected chi connectivity index (χ1v) is 20.6. The molecule has 62 heavy (non-hydrogen) atoms. The molecule has 1 aromatic heterocycles. The van der Waals surface area contributed by atoms with Crippen LogP contribution in [-0.2, 0) is 25.7 Å². The molecule has 5 rings (SSSR count). The van der Waals surface area contributed by atoms with Gasteiger partial charge in [0.15, 0.2) is 5.82 Å². The van der Waals surface area contributed by atoms with Gasteiger partial charge in [0.1, 0.15) is 11.5 Å². The molecule has 2 amide bonds. The van der Waals surface area contributed by atoms with Gasteiger partial charge in [-0.3, -0.25) is 53.0 Å². The molecule has 2 aliphatic heterocycles. The maximum absolute atomic E-state index is 13.7. The van der Waals surface area contributed by atoms with Gasteiger partial charge in [-0.15, -0.1) is 10.2 Å². The third-order valence-corrected chi connectivity index (χ3v) is 10.9. The Hall–Kier alpha value is -4.44. The van der Waals surface area contributed by atoms with Gasteiger partial charge in [-0.25, -0.2) is 0 Å². The van der Waals surface area contributed by atoms with Crippen LogP contribution in [0.2, 0.25) is 0 Å². The third-order valence-electron chi connectivity index (χ3n) is 10.9. The Morgan fingerprint density at radius 3 is 1.56 bits per heavy atom. The Morgan fingerprint density at radius 1 is 0.645 bits per heavy atom. The third kappa shape index (κ3) is 14.3. The number of nitrogens with one attached hydrogen (secondary N) is 1. The summed E-state index contributed by atoms with van der Waals surface area (Å²) < 4.78 is 1.58. The maximum atomic E-state index is 13.7. The molecular weight excluding hydrogens is 967 g/mol. The second-order valence-electron chi connectivity index (χ2n) is 15.7. The minimum Gasteiger partial charge on any atom is -0.508 e. The van der Waals surface area contributed by atoms with Crippen molar-refractivity contribution in [3.63, 3.8) is 0 Å². The first-order valence-electron chi connectivity index (χ1n) is 20.6. The van der Waals surface area contributed by atoms with E-state index >= 15 is 0 Å². The number of phenolic OH excluding ortho intramolecular Hbond substituents is 2. The summed E-state index contributed by atoms with van der Waals surface area (Å²) in [5.41, 5.74) is 2.51. The van der Waals surface area contributed by atoms with E-state index in [0.29, 0.717) is 108 Å². The molecular formula is C41H58LuN10O10. The van der Waals surface area contributed by atoms with E-state index < -0.39 is 23.8 Å². The fraction of sp³-hybridized carbons (Fsp3) is 0.537. The van der Waals surface area contributed by atoms with Crippen LogP contribution in [0.1, 0.15) is 48.4 Å². The number of nitrogens with zero attached hydrogens (tertiary/aromatic N) is 9. The molecule has 21 heteroatoms. The predicted molar refractivity (Wildman–Crippen MR) is 223 cm³/mol. The molecule has 347 valence electrons. The molecule has 0 spiro atoms. The van der Waals surface area contributed by atoms with E-state index in [1.807, 2.05) is 47.9 Å². The van der Waals surface area contributed by atoms with Crippen LogP contribution in [0.4, 0.5) is 0 Å². The molecule has 20 nitrogen and oxygen atoms in total. The van der Waals surface area contributed by atoms with Crippen molar-refractivity contribution < 1.29 is 86.4 Å². The van der Waals surface area contributed by atoms with Crippen LogP contribution >= 0.6 is 0 Å². The number of carboxylic acids is 3. The number of benzene rings is 2. The Morgan fingerprint density at radius 2 is 1.11 bits per heavy atom. The first kappa shape index (κ1) is 50.2. The molecule has 0 saturated carbocycles. The number of hydrogen-bond acceptors (Lipinski definition) is 14. The number of hydrogen-bond donors (Lipinski definition) is 6. The number of amides is 2. The van der Waals surface area contributed by atoms with Gasteiger partial charge in [-0.05, 0) is 42.2 Å². The Labute approximate surface area is 389 Å². The number of aliphatic carboxylic acids is 3. The summed E-state index contributed by atoms with van der Waals surface area (Å²) in [5, 5.41) is 61.0. The van der Waals surface area contributed by atoms with E-state index in [-0.39, 0.29) is 98.0 Å². The molecule has 2 saturated heterocycles. The Bertz CT molecular complexity index is 1980. The van der Waals surface area contributed by atoms with Gasteiger partial charge >= 0.3 is 17.9 Å².